The van der Waals surface area contributed by atoms with Gasteiger partial charge < -0.3 is 10.1 Å². The van der Waals surface area contributed by atoms with Crippen LogP contribution in [0, 0.1) is 13.8 Å². The van der Waals surface area contributed by atoms with Gasteiger partial charge in [0.1, 0.15) is 5.75 Å². The quantitative estimate of drug-likeness (QED) is 0.903. The standard InChI is InChI=1S/C16H19N3O3/c1-11-12(2)18-10-19(16(11)21)9-8-17-15(20)13-6-4-5-7-14(13)22-3/h4-7,10H,8-9H2,1-3H3,(H,17,20). The summed E-state index contributed by atoms with van der Waals surface area (Å²) in [4.78, 5) is 28.3. The number of aryl methyl sites for hydroxylation is 1. The first kappa shape index (κ1) is 15.8. The van der Waals surface area contributed by atoms with Gasteiger partial charge in [-0.15, -0.1) is 0 Å². The molecule has 0 spiro atoms. The van der Waals surface area contributed by atoms with Crippen LogP contribution in [-0.2, 0) is 6.54 Å². The number of ether oxygens (including phenoxy) is 1. The van der Waals surface area contributed by atoms with E-state index in [1.807, 2.05) is 0 Å². The number of methoxy groups -OCH3 is 1. The molecule has 22 heavy (non-hydrogen) atoms. The normalized spacial score (nSPS) is 10.3. The first-order chi connectivity index (χ1) is 10.5. The number of rotatable bonds is 5. The van der Waals surface area contributed by atoms with E-state index in [9.17, 15) is 9.59 Å². The number of benzene rings is 1. The second-order valence-electron chi connectivity index (χ2n) is 4.91. The average molecular weight is 301 g/mol. The summed E-state index contributed by atoms with van der Waals surface area (Å²) in [5.74, 6) is 0.285. The molecule has 0 fully saturated rings. The summed E-state index contributed by atoms with van der Waals surface area (Å²) in [5.41, 5.74) is 1.73. The minimum absolute atomic E-state index is 0.0842. The smallest absolute Gasteiger partial charge is 0.256 e. The number of nitrogens with one attached hydrogen (secondary N) is 1. The molecule has 0 saturated heterocycles. The highest BCUT2D eigenvalue weighted by Gasteiger charge is 2.11. The van der Waals surface area contributed by atoms with Crippen LogP contribution in [0.1, 0.15) is 21.6 Å². The minimum Gasteiger partial charge on any atom is -0.496 e. The summed E-state index contributed by atoms with van der Waals surface area (Å²) in [6.45, 7) is 4.24. The van der Waals surface area contributed by atoms with Crippen molar-refractivity contribution in [3.05, 3.63) is 57.8 Å². The summed E-state index contributed by atoms with van der Waals surface area (Å²) in [5, 5.41) is 2.78. The van der Waals surface area contributed by atoms with Gasteiger partial charge >= 0.3 is 0 Å². The van der Waals surface area contributed by atoms with Crippen LogP contribution < -0.4 is 15.6 Å². The number of amides is 1. The van der Waals surface area contributed by atoms with Gasteiger partial charge in [-0.25, -0.2) is 4.98 Å². The molecule has 1 amide bonds. The third-order valence-corrected chi connectivity index (χ3v) is 3.50. The van der Waals surface area contributed by atoms with E-state index in [2.05, 4.69) is 10.3 Å². The molecule has 116 valence electrons. The van der Waals surface area contributed by atoms with Crippen LogP contribution in [0.3, 0.4) is 0 Å². The van der Waals surface area contributed by atoms with Gasteiger partial charge in [-0.1, -0.05) is 12.1 Å². The Morgan fingerprint density at radius 3 is 2.77 bits per heavy atom. The molecule has 6 nitrogen and oxygen atoms in total. The van der Waals surface area contributed by atoms with Crippen molar-refractivity contribution in [1.82, 2.24) is 14.9 Å². The first-order valence-corrected chi connectivity index (χ1v) is 6.98. The highest BCUT2D eigenvalue weighted by atomic mass is 16.5. The largest absolute Gasteiger partial charge is 0.496 e. The maximum atomic E-state index is 12.1. The topological polar surface area (TPSA) is 73.2 Å². The molecule has 2 rings (SSSR count). The second kappa shape index (κ2) is 6.89. The third-order valence-electron chi connectivity index (χ3n) is 3.50. The molecule has 0 aliphatic heterocycles. The summed E-state index contributed by atoms with van der Waals surface area (Å²) in [6, 6.07) is 7.00. The molecule has 0 aliphatic carbocycles. The summed E-state index contributed by atoms with van der Waals surface area (Å²) >= 11 is 0. The van der Waals surface area contributed by atoms with Crippen LogP contribution >= 0.6 is 0 Å². The molecule has 1 heterocycles. The Bertz CT molecular complexity index is 738. The van der Waals surface area contributed by atoms with Crippen molar-refractivity contribution in [3.63, 3.8) is 0 Å². The van der Waals surface area contributed by atoms with Gasteiger partial charge in [-0.3, -0.25) is 14.2 Å². The zero-order valence-corrected chi connectivity index (χ0v) is 12.9. The molecule has 0 radical (unpaired) electrons. The Hall–Kier alpha value is -2.63. The third kappa shape index (κ3) is 3.33. The van der Waals surface area contributed by atoms with Crippen molar-refractivity contribution < 1.29 is 9.53 Å². The van der Waals surface area contributed by atoms with Crippen molar-refractivity contribution in [2.75, 3.05) is 13.7 Å². The van der Waals surface area contributed by atoms with Crippen LogP contribution in [0.15, 0.2) is 35.4 Å². The van der Waals surface area contributed by atoms with Crippen molar-refractivity contribution in [1.29, 1.82) is 0 Å². The van der Waals surface area contributed by atoms with Crippen LogP contribution in [0.5, 0.6) is 5.75 Å². The molecule has 6 heteroatoms. The fourth-order valence-electron chi connectivity index (χ4n) is 2.05. The van der Waals surface area contributed by atoms with Gasteiger partial charge in [0.2, 0.25) is 0 Å². The molecule has 0 atom stereocenters. The number of hydrogen-bond acceptors (Lipinski definition) is 4. The Balaban J connectivity index is 2.01. The Morgan fingerprint density at radius 2 is 2.05 bits per heavy atom. The van der Waals surface area contributed by atoms with Gasteiger partial charge in [0.25, 0.3) is 11.5 Å². The van der Waals surface area contributed by atoms with Crippen molar-refractivity contribution in [3.8, 4) is 5.75 Å². The molecule has 0 aliphatic rings. The van der Waals surface area contributed by atoms with Gasteiger partial charge in [0.15, 0.2) is 0 Å². The molecular formula is C16H19N3O3. The summed E-state index contributed by atoms with van der Waals surface area (Å²) < 4.78 is 6.64. The summed E-state index contributed by atoms with van der Waals surface area (Å²) in [6.07, 6.45) is 1.50. The monoisotopic (exact) mass is 301 g/mol. The Morgan fingerprint density at radius 1 is 1.32 bits per heavy atom. The molecule has 1 aromatic heterocycles. The fraction of sp³-hybridized carbons (Fsp3) is 0.312. The lowest BCUT2D eigenvalue weighted by atomic mass is 10.2. The fourth-order valence-corrected chi connectivity index (χ4v) is 2.05. The molecule has 0 bridgehead atoms. The average Bonchev–Trinajstić information content (AvgIpc) is 2.54. The maximum Gasteiger partial charge on any atom is 0.256 e. The highest BCUT2D eigenvalue weighted by molar-refractivity contribution is 5.96. The number of para-hydroxylation sites is 1. The number of nitrogens with zero attached hydrogens (tertiary/aromatic N) is 2. The van der Waals surface area contributed by atoms with Gasteiger partial charge in [-0.05, 0) is 26.0 Å². The van der Waals surface area contributed by atoms with Gasteiger partial charge in [-0.2, -0.15) is 0 Å². The van der Waals surface area contributed by atoms with Gasteiger partial charge in [0, 0.05) is 24.3 Å². The van der Waals surface area contributed by atoms with E-state index < -0.39 is 0 Å². The van der Waals surface area contributed by atoms with Crippen LogP contribution in [0.2, 0.25) is 0 Å². The van der Waals surface area contributed by atoms with Crippen molar-refractivity contribution in [2.45, 2.75) is 20.4 Å². The minimum atomic E-state index is -0.234. The van der Waals surface area contributed by atoms with E-state index in [1.165, 1.54) is 18.0 Å². The predicted molar refractivity (Wildman–Crippen MR) is 83.3 cm³/mol. The Kier molecular flexibility index (Phi) is 4.93. The lowest BCUT2D eigenvalue weighted by molar-refractivity contribution is 0.0949. The number of hydrogen-bond donors (Lipinski definition) is 1. The molecule has 1 N–H and O–H groups in total. The molecule has 0 unspecified atom stereocenters. The highest BCUT2D eigenvalue weighted by Crippen LogP contribution is 2.16. The van der Waals surface area contributed by atoms with E-state index in [1.54, 1.807) is 38.1 Å². The summed E-state index contributed by atoms with van der Waals surface area (Å²) in [7, 11) is 1.52. The first-order valence-electron chi connectivity index (χ1n) is 6.98. The molecule has 1 aromatic carbocycles. The molecule has 0 saturated carbocycles. The van der Waals surface area contributed by atoms with Gasteiger partial charge in [0.05, 0.1) is 19.0 Å². The zero-order chi connectivity index (χ0) is 16.1. The second-order valence-corrected chi connectivity index (χ2v) is 4.91. The maximum absolute atomic E-state index is 12.1. The molecular weight excluding hydrogens is 282 g/mol. The van der Waals surface area contributed by atoms with Crippen molar-refractivity contribution >= 4 is 5.91 Å². The van der Waals surface area contributed by atoms with Crippen LogP contribution in [-0.4, -0.2) is 29.1 Å². The van der Waals surface area contributed by atoms with Crippen LogP contribution in [0.4, 0.5) is 0 Å². The number of carbonyl (C=O) groups excluding carboxylic acids is 1. The van der Waals surface area contributed by atoms with Crippen molar-refractivity contribution in [2.24, 2.45) is 0 Å². The van der Waals surface area contributed by atoms with E-state index >= 15 is 0 Å². The SMILES string of the molecule is COc1ccccc1C(=O)NCCn1cnc(C)c(C)c1=O. The zero-order valence-electron chi connectivity index (χ0n) is 12.9. The lowest BCUT2D eigenvalue weighted by Crippen LogP contribution is -2.32. The van der Waals surface area contributed by atoms with E-state index in [4.69, 9.17) is 4.74 Å². The lowest BCUT2D eigenvalue weighted by Gasteiger charge is -2.10. The predicted octanol–water partition coefficient (Wildman–Crippen LogP) is 1.30. The van der Waals surface area contributed by atoms with E-state index in [0.29, 0.717) is 30.0 Å². The van der Waals surface area contributed by atoms with E-state index in [-0.39, 0.29) is 11.5 Å². The Labute approximate surface area is 128 Å². The molecule has 2 aromatic rings. The number of aromatic nitrogens is 2. The van der Waals surface area contributed by atoms with Crippen LogP contribution in [0.25, 0.3) is 0 Å². The van der Waals surface area contributed by atoms with E-state index in [0.717, 1.165) is 5.69 Å². The number of carbonyl (C=O) groups is 1.